The van der Waals surface area contributed by atoms with Crippen LogP contribution in [-0.2, 0) is 0 Å². The average Bonchev–Trinajstić information content (AvgIpc) is 3.10. The molecule has 25 heavy (non-hydrogen) atoms. The van der Waals surface area contributed by atoms with E-state index in [0.717, 1.165) is 39.0 Å². The first-order valence-corrected chi connectivity index (χ1v) is 9.19. The first-order chi connectivity index (χ1) is 12.1. The molecule has 1 saturated heterocycles. The molecule has 3 aromatic rings. The SMILES string of the molecule is Cc1c(Cl)ccc2sc(N3CCN(C(=O)c4cnccn4)CC3)nc12. The van der Waals surface area contributed by atoms with Crippen LogP contribution in [0.1, 0.15) is 16.1 Å². The van der Waals surface area contributed by atoms with Crippen molar-refractivity contribution in [2.75, 3.05) is 31.1 Å². The van der Waals surface area contributed by atoms with E-state index in [9.17, 15) is 4.79 Å². The van der Waals surface area contributed by atoms with Gasteiger partial charge in [-0.2, -0.15) is 0 Å². The summed E-state index contributed by atoms with van der Waals surface area (Å²) in [6, 6.07) is 3.93. The predicted molar refractivity (Wildman–Crippen MR) is 99.5 cm³/mol. The molecule has 3 heterocycles. The van der Waals surface area contributed by atoms with Gasteiger partial charge in [0.05, 0.1) is 16.4 Å². The minimum atomic E-state index is -0.0697. The lowest BCUT2D eigenvalue weighted by atomic mass is 10.2. The maximum atomic E-state index is 12.4. The summed E-state index contributed by atoms with van der Waals surface area (Å²) in [6.07, 6.45) is 4.61. The normalized spacial score (nSPS) is 15.0. The second-order valence-corrected chi connectivity index (χ2v) is 7.30. The van der Waals surface area contributed by atoms with E-state index in [1.54, 1.807) is 17.5 Å². The van der Waals surface area contributed by atoms with Crippen LogP contribution in [0.3, 0.4) is 0 Å². The molecular weight excluding hydrogens is 358 g/mol. The molecule has 2 aromatic heterocycles. The van der Waals surface area contributed by atoms with Gasteiger partial charge in [-0.3, -0.25) is 9.78 Å². The molecule has 4 rings (SSSR count). The van der Waals surface area contributed by atoms with Gasteiger partial charge in [0.15, 0.2) is 5.13 Å². The number of piperazine rings is 1. The second kappa shape index (κ2) is 6.57. The summed E-state index contributed by atoms with van der Waals surface area (Å²) in [7, 11) is 0. The summed E-state index contributed by atoms with van der Waals surface area (Å²) in [4.78, 5) is 29.3. The van der Waals surface area contributed by atoms with Crippen LogP contribution < -0.4 is 4.90 Å². The third-order valence-electron chi connectivity index (χ3n) is 4.36. The Bertz CT molecular complexity index is 921. The van der Waals surface area contributed by atoms with Crippen molar-refractivity contribution in [3.05, 3.63) is 47.0 Å². The highest BCUT2D eigenvalue weighted by Gasteiger charge is 2.25. The van der Waals surface area contributed by atoms with Crippen LogP contribution in [0.5, 0.6) is 0 Å². The standard InChI is InChI=1S/C17H16ClN5OS/c1-11-12(18)2-3-14-15(11)21-17(25-14)23-8-6-22(7-9-23)16(24)13-10-19-4-5-20-13/h2-5,10H,6-9H2,1H3. The first kappa shape index (κ1) is 16.2. The number of nitrogens with zero attached hydrogens (tertiary/aromatic N) is 5. The van der Waals surface area contributed by atoms with Gasteiger partial charge in [0, 0.05) is 43.6 Å². The maximum Gasteiger partial charge on any atom is 0.274 e. The fraction of sp³-hybridized carbons (Fsp3) is 0.294. The number of amides is 1. The molecule has 1 aromatic carbocycles. The highest BCUT2D eigenvalue weighted by atomic mass is 35.5. The van der Waals surface area contributed by atoms with Crippen LogP contribution in [0.2, 0.25) is 5.02 Å². The molecule has 0 N–H and O–H groups in total. The maximum absolute atomic E-state index is 12.4. The summed E-state index contributed by atoms with van der Waals surface area (Å²) in [5.74, 6) is -0.0697. The number of fused-ring (bicyclic) bond motifs is 1. The molecule has 0 atom stereocenters. The van der Waals surface area contributed by atoms with Crippen molar-refractivity contribution in [2.45, 2.75) is 6.92 Å². The Morgan fingerprint density at radius 2 is 2.00 bits per heavy atom. The van der Waals surface area contributed by atoms with E-state index in [1.165, 1.54) is 12.4 Å². The van der Waals surface area contributed by atoms with Crippen molar-refractivity contribution in [3.8, 4) is 0 Å². The van der Waals surface area contributed by atoms with Gasteiger partial charge < -0.3 is 9.80 Å². The average molecular weight is 374 g/mol. The molecule has 0 unspecified atom stereocenters. The zero-order valence-corrected chi connectivity index (χ0v) is 15.2. The summed E-state index contributed by atoms with van der Waals surface area (Å²) in [5, 5.41) is 1.72. The smallest absolute Gasteiger partial charge is 0.274 e. The molecule has 6 nitrogen and oxygen atoms in total. The van der Waals surface area contributed by atoms with Gasteiger partial charge in [-0.05, 0) is 24.6 Å². The molecule has 0 aliphatic carbocycles. The largest absolute Gasteiger partial charge is 0.345 e. The van der Waals surface area contributed by atoms with Crippen LogP contribution in [0.15, 0.2) is 30.7 Å². The van der Waals surface area contributed by atoms with Gasteiger partial charge in [-0.15, -0.1) is 0 Å². The molecule has 1 amide bonds. The Labute approximate surface area is 154 Å². The zero-order chi connectivity index (χ0) is 17.4. The van der Waals surface area contributed by atoms with Gasteiger partial charge in [0.1, 0.15) is 5.69 Å². The molecule has 0 radical (unpaired) electrons. The summed E-state index contributed by atoms with van der Waals surface area (Å²) >= 11 is 7.85. The summed E-state index contributed by atoms with van der Waals surface area (Å²) in [6.45, 7) is 4.78. The van der Waals surface area contributed by atoms with E-state index in [4.69, 9.17) is 16.6 Å². The van der Waals surface area contributed by atoms with E-state index in [-0.39, 0.29) is 5.91 Å². The van der Waals surface area contributed by atoms with Gasteiger partial charge in [-0.25, -0.2) is 9.97 Å². The van der Waals surface area contributed by atoms with Gasteiger partial charge in [0.2, 0.25) is 0 Å². The van der Waals surface area contributed by atoms with Crippen molar-refractivity contribution in [1.29, 1.82) is 0 Å². The monoisotopic (exact) mass is 373 g/mol. The molecular formula is C17H16ClN5OS. The Kier molecular flexibility index (Phi) is 4.27. The summed E-state index contributed by atoms with van der Waals surface area (Å²) < 4.78 is 1.13. The van der Waals surface area contributed by atoms with E-state index < -0.39 is 0 Å². The number of aromatic nitrogens is 3. The molecule has 1 fully saturated rings. The predicted octanol–water partition coefficient (Wildman–Crippen LogP) is 3.01. The number of thiazole rings is 1. The molecule has 1 aliphatic rings. The van der Waals surface area contributed by atoms with Crippen LogP contribution in [-0.4, -0.2) is 51.9 Å². The zero-order valence-electron chi connectivity index (χ0n) is 13.6. The second-order valence-electron chi connectivity index (χ2n) is 5.89. The Morgan fingerprint density at radius 1 is 1.20 bits per heavy atom. The number of aryl methyl sites for hydroxylation is 1. The summed E-state index contributed by atoms with van der Waals surface area (Å²) in [5.41, 5.74) is 2.37. The highest BCUT2D eigenvalue weighted by Crippen LogP contribution is 2.33. The Hall–Kier alpha value is -2.25. The molecule has 0 bridgehead atoms. The topological polar surface area (TPSA) is 62.2 Å². The fourth-order valence-electron chi connectivity index (χ4n) is 2.90. The third kappa shape index (κ3) is 3.05. The van der Waals surface area contributed by atoms with Crippen molar-refractivity contribution >= 4 is 44.2 Å². The van der Waals surface area contributed by atoms with E-state index in [1.807, 2.05) is 24.0 Å². The van der Waals surface area contributed by atoms with Gasteiger partial charge in [-0.1, -0.05) is 22.9 Å². The van der Waals surface area contributed by atoms with E-state index in [0.29, 0.717) is 18.8 Å². The number of anilines is 1. The van der Waals surface area contributed by atoms with Crippen LogP contribution in [0.4, 0.5) is 5.13 Å². The van der Waals surface area contributed by atoms with E-state index >= 15 is 0 Å². The molecule has 1 aliphatic heterocycles. The van der Waals surface area contributed by atoms with Crippen molar-refractivity contribution in [1.82, 2.24) is 19.9 Å². The van der Waals surface area contributed by atoms with E-state index in [2.05, 4.69) is 14.9 Å². The Morgan fingerprint density at radius 3 is 2.72 bits per heavy atom. The van der Waals surface area contributed by atoms with Crippen molar-refractivity contribution in [2.24, 2.45) is 0 Å². The van der Waals surface area contributed by atoms with Gasteiger partial charge >= 0.3 is 0 Å². The Balaban J connectivity index is 1.49. The lowest BCUT2D eigenvalue weighted by Gasteiger charge is -2.34. The number of hydrogen-bond donors (Lipinski definition) is 0. The number of carbonyl (C=O) groups excluding carboxylic acids is 1. The number of benzene rings is 1. The van der Waals surface area contributed by atoms with Crippen molar-refractivity contribution in [3.63, 3.8) is 0 Å². The third-order valence-corrected chi connectivity index (χ3v) is 5.85. The fourth-order valence-corrected chi connectivity index (χ4v) is 4.13. The minimum Gasteiger partial charge on any atom is -0.345 e. The number of carbonyl (C=O) groups is 1. The lowest BCUT2D eigenvalue weighted by Crippen LogP contribution is -2.49. The quantitative estimate of drug-likeness (QED) is 0.691. The minimum absolute atomic E-state index is 0.0697. The number of halogens is 1. The van der Waals surface area contributed by atoms with Crippen molar-refractivity contribution < 1.29 is 4.79 Å². The molecule has 0 spiro atoms. The molecule has 0 saturated carbocycles. The van der Waals surface area contributed by atoms with Crippen LogP contribution in [0.25, 0.3) is 10.2 Å². The molecule has 128 valence electrons. The number of hydrogen-bond acceptors (Lipinski definition) is 6. The lowest BCUT2D eigenvalue weighted by molar-refractivity contribution is 0.0740. The first-order valence-electron chi connectivity index (χ1n) is 7.99. The number of rotatable bonds is 2. The van der Waals surface area contributed by atoms with Crippen LogP contribution in [0, 0.1) is 6.92 Å². The molecule has 8 heteroatoms. The van der Waals surface area contributed by atoms with Crippen LogP contribution >= 0.6 is 22.9 Å². The highest BCUT2D eigenvalue weighted by molar-refractivity contribution is 7.22. The van der Waals surface area contributed by atoms with Gasteiger partial charge in [0.25, 0.3) is 5.91 Å².